The number of carboxylic acids is 1. The molecule has 1 heterocycles. The number of rotatable bonds is 5. The number of carboxylic acid groups (broad SMARTS) is 1. The molecular formula is C13H16Br2N2O2. The van der Waals surface area contributed by atoms with Crippen LogP contribution < -0.4 is 5.32 Å². The van der Waals surface area contributed by atoms with Crippen molar-refractivity contribution >= 4 is 37.8 Å². The Labute approximate surface area is 129 Å². The fourth-order valence-electron chi connectivity index (χ4n) is 2.56. The standard InChI is InChI=1S/C13H16Br2N2O2/c14-9-4-11(15)12(17-6-9)7-16-5-8-2-1-3-10(8)13(18)19/h4,6,8,10,16H,1-3,5,7H2,(H,18,19). The van der Waals surface area contributed by atoms with Crippen LogP contribution in [0.4, 0.5) is 0 Å². The lowest BCUT2D eigenvalue weighted by atomic mass is 9.96. The van der Waals surface area contributed by atoms with Crippen LogP contribution in [0.2, 0.25) is 0 Å². The van der Waals surface area contributed by atoms with Crippen molar-refractivity contribution in [3.8, 4) is 0 Å². The van der Waals surface area contributed by atoms with Crippen molar-refractivity contribution in [3.05, 3.63) is 26.9 Å². The molecule has 2 unspecified atom stereocenters. The molecule has 1 aliphatic rings. The van der Waals surface area contributed by atoms with Crippen molar-refractivity contribution < 1.29 is 9.90 Å². The van der Waals surface area contributed by atoms with Gasteiger partial charge in [0.25, 0.3) is 0 Å². The number of hydrogen-bond donors (Lipinski definition) is 2. The highest BCUT2D eigenvalue weighted by Crippen LogP contribution is 2.31. The van der Waals surface area contributed by atoms with E-state index in [0.29, 0.717) is 6.54 Å². The first-order valence-corrected chi connectivity index (χ1v) is 7.90. The van der Waals surface area contributed by atoms with Gasteiger partial charge in [0.1, 0.15) is 0 Å². The fourth-order valence-corrected chi connectivity index (χ4v) is 3.68. The van der Waals surface area contributed by atoms with Gasteiger partial charge in [-0.1, -0.05) is 6.42 Å². The second-order valence-electron chi connectivity index (χ2n) is 4.85. The first kappa shape index (κ1) is 14.9. The zero-order valence-corrected chi connectivity index (χ0v) is 13.6. The summed E-state index contributed by atoms with van der Waals surface area (Å²) in [6, 6.07) is 1.96. The Balaban J connectivity index is 1.84. The summed E-state index contributed by atoms with van der Waals surface area (Å²) in [5.41, 5.74) is 0.938. The van der Waals surface area contributed by atoms with Gasteiger partial charge in [0.15, 0.2) is 0 Å². The molecule has 0 radical (unpaired) electrons. The number of aliphatic carboxylic acids is 1. The number of aromatic nitrogens is 1. The molecule has 2 atom stereocenters. The minimum Gasteiger partial charge on any atom is -0.481 e. The minimum atomic E-state index is -0.660. The topological polar surface area (TPSA) is 62.2 Å². The van der Waals surface area contributed by atoms with Crippen molar-refractivity contribution in [2.75, 3.05) is 6.54 Å². The van der Waals surface area contributed by atoms with Crippen molar-refractivity contribution in [3.63, 3.8) is 0 Å². The van der Waals surface area contributed by atoms with E-state index >= 15 is 0 Å². The summed E-state index contributed by atoms with van der Waals surface area (Å²) in [6.07, 6.45) is 4.59. The number of nitrogens with zero attached hydrogens (tertiary/aromatic N) is 1. The molecule has 1 aromatic rings. The third-order valence-corrected chi connectivity index (χ3v) is 4.68. The average molecular weight is 392 g/mol. The highest BCUT2D eigenvalue weighted by Gasteiger charge is 2.32. The van der Waals surface area contributed by atoms with E-state index in [1.807, 2.05) is 6.07 Å². The van der Waals surface area contributed by atoms with E-state index in [-0.39, 0.29) is 11.8 Å². The number of carbonyl (C=O) groups is 1. The van der Waals surface area contributed by atoms with Gasteiger partial charge in [0, 0.05) is 21.7 Å². The second kappa shape index (κ2) is 6.81. The Morgan fingerprint density at radius 3 is 2.95 bits per heavy atom. The zero-order valence-electron chi connectivity index (χ0n) is 10.4. The van der Waals surface area contributed by atoms with Crippen molar-refractivity contribution in [2.45, 2.75) is 25.8 Å². The predicted molar refractivity (Wildman–Crippen MR) is 79.8 cm³/mol. The third-order valence-electron chi connectivity index (χ3n) is 3.56. The second-order valence-corrected chi connectivity index (χ2v) is 6.62. The largest absolute Gasteiger partial charge is 0.481 e. The van der Waals surface area contributed by atoms with Crippen molar-refractivity contribution in [1.29, 1.82) is 0 Å². The minimum absolute atomic E-state index is 0.186. The number of hydrogen-bond acceptors (Lipinski definition) is 3. The molecule has 2 rings (SSSR count). The smallest absolute Gasteiger partial charge is 0.306 e. The molecule has 0 aromatic carbocycles. The van der Waals surface area contributed by atoms with Crippen LogP contribution in [0, 0.1) is 11.8 Å². The summed E-state index contributed by atoms with van der Waals surface area (Å²) < 4.78 is 1.89. The molecule has 19 heavy (non-hydrogen) atoms. The molecule has 1 aromatic heterocycles. The maximum absolute atomic E-state index is 11.1. The first-order chi connectivity index (χ1) is 9.08. The van der Waals surface area contributed by atoms with Crippen LogP contribution in [-0.4, -0.2) is 22.6 Å². The van der Waals surface area contributed by atoms with Crippen LogP contribution in [0.1, 0.15) is 25.0 Å². The van der Waals surface area contributed by atoms with Gasteiger partial charge in [-0.15, -0.1) is 0 Å². The number of pyridine rings is 1. The summed E-state index contributed by atoms with van der Waals surface area (Å²) in [4.78, 5) is 15.4. The Kier molecular flexibility index (Phi) is 5.36. The molecule has 0 spiro atoms. The highest BCUT2D eigenvalue weighted by molar-refractivity contribution is 9.11. The lowest BCUT2D eigenvalue weighted by Crippen LogP contribution is -2.29. The van der Waals surface area contributed by atoms with Gasteiger partial charge in [-0.2, -0.15) is 0 Å². The van der Waals surface area contributed by atoms with Gasteiger partial charge >= 0.3 is 5.97 Å². The molecule has 1 fully saturated rings. The fraction of sp³-hybridized carbons (Fsp3) is 0.538. The summed E-state index contributed by atoms with van der Waals surface area (Å²) in [7, 11) is 0. The average Bonchev–Trinajstić information content (AvgIpc) is 2.80. The molecule has 4 nitrogen and oxygen atoms in total. The van der Waals surface area contributed by atoms with Crippen molar-refractivity contribution in [2.24, 2.45) is 11.8 Å². The molecule has 0 saturated heterocycles. The number of halogens is 2. The van der Waals surface area contributed by atoms with Crippen LogP contribution in [0.15, 0.2) is 21.2 Å². The molecule has 2 N–H and O–H groups in total. The maximum atomic E-state index is 11.1. The molecular weight excluding hydrogens is 376 g/mol. The van der Waals surface area contributed by atoms with Crippen LogP contribution in [0.25, 0.3) is 0 Å². The monoisotopic (exact) mass is 390 g/mol. The van der Waals surface area contributed by atoms with Gasteiger partial charge in [-0.3, -0.25) is 9.78 Å². The maximum Gasteiger partial charge on any atom is 0.306 e. The van der Waals surface area contributed by atoms with E-state index in [4.69, 9.17) is 5.11 Å². The van der Waals surface area contributed by atoms with E-state index in [1.54, 1.807) is 6.20 Å². The molecule has 104 valence electrons. The SMILES string of the molecule is O=C(O)C1CCCC1CNCc1ncc(Br)cc1Br. The zero-order chi connectivity index (χ0) is 13.8. The Bertz CT molecular complexity index is 468. The Morgan fingerprint density at radius 2 is 2.26 bits per heavy atom. The van der Waals surface area contributed by atoms with E-state index in [0.717, 1.165) is 40.4 Å². The third kappa shape index (κ3) is 4.00. The number of nitrogens with one attached hydrogen (secondary N) is 1. The van der Waals surface area contributed by atoms with Gasteiger partial charge in [0.2, 0.25) is 0 Å². The predicted octanol–water partition coefficient (Wildman–Crippen LogP) is 3.20. The lowest BCUT2D eigenvalue weighted by molar-refractivity contribution is -0.142. The summed E-state index contributed by atoms with van der Waals surface area (Å²) in [5, 5.41) is 12.4. The van der Waals surface area contributed by atoms with Crippen molar-refractivity contribution in [1.82, 2.24) is 10.3 Å². The van der Waals surface area contributed by atoms with E-state index < -0.39 is 5.97 Å². The Hall–Kier alpha value is -0.460. The van der Waals surface area contributed by atoms with E-state index in [1.165, 1.54) is 0 Å². The summed E-state index contributed by atoms with van der Waals surface area (Å²) in [6.45, 7) is 1.39. The van der Waals surface area contributed by atoms with Crippen LogP contribution in [0.5, 0.6) is 0 Å². The van der Waals surface area contributed by atoms with Gasteiger partial charge in [-0.05, 0) is 63.2 Å². The molecule has 0 amide bonds. The molecule has 0 aliphatic heterocycles. The first-order valence-electron chi connectivity index (χ1n) is 6.31. The molecule has 0 bridgehead atoms. The lowest BCUT2D eigenvalue weighted by Gasteiger charge is -2.16. The quantitative estimate of drug-likeness (QED) is 0.808. The summed E-state index contributed by atoms with van der Waals surface area (Å²) >= 11 is 6.83. The van der Waals surface area contributed by atoms with Gasteiger partial charge < -0.3 is 10.4 Å². The van der Waals surface area contributed by atoms with E-state index in [2.05, 4.69) is 42.2 Å². The molecule has 6 heteroatoms. The van der Waals surface area contributed by atoms with Gasteiger partial charge in [0.05, 0.1) is 11.6 Å². The normalized spacial score (nSPS) is 22.6. The Morgan fingerprint density at radius 1 is 1.47 bits per heavy atom. The van der Waals surface area contributed by atoms with Crippen LogP contribution >= 0.6 is 31.9 Å². The molecule has 1 aliphatic carbocycles. The van der Waals surface area contributed by atoms with E-state index in [9.17, 15) is 4.79 Å². The highest BCUT2D eigenvalue weighted by atomic mass is 79.9. The van der Waals surface area contributed by atoms with Crippen LogP contribution in [0.3, 0.4) is 0 Å². The summed E-state index contributed by atoms with van der Waals surface area (Å²) in [5.74, 6) is -0.604. The molecule has 1 saturated carbocycles. The van der Waals surface area contributed by atoms with Crippen LogP contribution in [-0.2, 0) is 11.3 Å². The van der Waals surface area contributed by atoms with Gasteiger partial charge in [-0.25, -0.2) is 0 Å².